The lowest BCUT2D eigenvalue weighted by molar-refractivity contribution is -0.155. The van der Waals surface area contributed by atoms with Gasteiger partial charge in [-0.25, -0.2) is 0 Å². The molecule has 4 nitrogen and oxygen atoms in total. The molecule has 1 amide bonds. The minimum atomic E-state index is -0.636. The summed E-state index contributed by atoms with van der Waals surface area (Å²) in [7, 11) is 0. The SMILES string of the molecule is CCCC1(O)CN(C(=O)Cc2ccncc2)C1. The van der Waals surface area contributed by atoms with Gasteiger partial charge >= 0.3 is 0 Å². The molecule has 0 radical (unpaired) electrons. The molecule has 2 heterocycles. The number of likely N-dealkylation sites (tertiary alicyclic amines) is 1. The van der Waals surface area contributed by atoms with Crippen LogP contribution in [-0.2, 0) is 11.2 Å². The van der Waals surface area contributed by atoms with Crippen molar-refractivity contribution in [3.05, 3.63) is 30.1 Å². The Hall–Kier alpha value is -1.42. The van der Waals surface area contributed by atoms with Crippen molar-refractivity contribution in [2.24, 2.45) is 0 Å². The highest BCUT2D eigenvalue weighted by Gasteiger charge is 2.42. The van der Waals surface area contributed by atoms with Crippen LogP contribution in [0.15, 0.2) is 24.5 Å². The van der Waals surface area contributed by atoms with E-state index in [1.807, 2.05) is 19.1 Å². The lowest BCUT2D eigenvalue weighted by Crippen LogP contribution is -2.63. The fourth-order valence-corrected chi connectivity index (χ4v) is 2.25. The molecule has 0 atom stereocenters. The van der Waals surface area contributed by atoms with Gasteiger partial charge in [0, 0.05) is 12.4 Å². The highest BCUT2D eigenvalue weighted by molar-refractivity contribution is 5.79. The topological polar surface area (TPSA) is 53.4 Å². The smallest absolute Gasteiger partial charge is 0.227 e. The van der Waals surface area contributed by atoms with Gasteiger partial charge in [-0.05, 0) is 24.1 Å². The molecule has 0 saturated carbocycles. The van der Waals surface area contributed by atoms with Crippen LogP contribution in [0.5, 0.6) is 0 Å². The van der Waals surface area contributed by atoms with Crippen molar-refractivity contribution >= 4 is 5.91 Å². The van der Waals surface area contributed by atoms with E-state index in [-0.39, 0.29) is 5.91 Å². The molecule has 0 aliphatic carbocycles. The third-order valence-corrected chi connectivity index (χ3v) is 3.14. The second-order valence-electron chi connectivity index (χ2n) is 4.76. The summed E-state index contributed by atoms with van der Waals surface area (Å²) in [6.07, 6.45) is 5.48. The number of β-amino-alcohol motifs (C(OH)–C–C–N with tert-alkyl or cyclic N) is 1. The number of carbonyl (C=O) groups is 1. The number of hydrogen-bond acceptors (Lipinski definition) is 3. The number of amides is 1. The molecule has 92 valence electrons. The molecule has 1 aliphatic heterocycles. The second kappa shape index (κ2) is 4.84. The summed E-state index contributed by atoms with van der Waals surface area (Å²) in [5.74, 6) is 0.0805. The lowest BCUT2D eigenvalue weighted by atomic mass is 9.89. The largest absolute Gasteiger partial charge is 0.386 e. The maximum Gasteiger partial charge on any atom is 0.227 e. The van der Waals surface area contributed by atoms with Gasteiger partial charge < -0.3 is 10.0 Å². The van der Waals surface area contributed by atoms with Crippen LogP contribution in [-0.4, -0.2) is 39.6 Å². The first-order valence-electron chi connectivity index (χ1n) is 6.02. The van der Waals surface area contributed by atoms with Crippen LogP contribution in [0.4, 0.5) is 0 Å². The minimum absolute atomic E-state index is 0.0805. The summed E-state index contributed by atoms with van der Waals surface area (Å²) >= 11 is 0. The summed E-state index contributed by atoms with van der Waals surface area (Å²) in [4.78, 5) is 17.5. The Morgan fingerprint density at radius 3 is 2.71 bits per heavy atom. The predicted molar refractivity (Wildman–Crippen MR) is 64.4 cm³/mol. The average Bonchev–Trinajstić information content (AvgIpc) is 2.27. The van der Waals surface area contributed by atoms with Gasteiger partial charge in [0.1, 0.15) is 0 Å². The summed E-state index contributed by atoms with van der Waals surface area (Å²) in [5, 5.41) is 9.99. The van der Waals surface area contributed by atoms with E-state index in [1.165, 1.54) is 0 Å². The number of nitrogens with zero attached hydrogens (tertiary/aromatic N) is 2. The number of pyridine rings is 1. The molecule has 1 aromatic rings. The van der Waals surface area contributed by atoms with Crippen LogP contribution in [0, 0.1) is 0 Å². The molecule has 1 saturated heterocycles. The molecule has 1 N–H and O–H groups in total. The van der Waals surface area contributed by atoms with Gasteiger partial charge in [-0.3, -0.25) is 9.78 Å². The molecular weight excluding hydrogens is 216 g/mol. The molecular formula is C13H18N2O2. The number of carbonyl (C=O) groups excluding carboxylic acids is 1. The van der Waals surface area contributed by atoms with Crippen molar-refractivity contribution in [3.63, 3.8) is 0 Å². The number of rotatable bonds is 4. The normalized spacial score (nSPS) is 17.6. The molecule has 4 heteroatoms. The van der Waals surface area contributed by atoms with E-state index in [1.54, 1.807) is 17.3 Å². The van der Waals surface area contributed by atoms with E-state index in [0.717, 1.165) is 18.4 Å². The standard InChI is InChI=1S/C13H18N2O2/c1-2-5-13(17)9-15(10-13)12(16)8-11-3-6-14-7-4-11/h3-4,6-7,17H,2,5,8-10H2,1H3. The van der Waals surface area contributed by atoms with Gasteiger partial charge in [-0.1, -0.05) is 13.3 Å². The highest BCUT2D eigenvalue weighted by atomic mass is 16.3. The molecule has 1 aromatic heterocycles. The molecule has 1 fully saturated rings. The number of aromatic nitrogens is 1. The maximum atomic E-state index is 11.9. The molecule has 0 unspecified atom stereocenters. The Bertz CT molecular complexity index is 386. The van der Waals surface area contributed by atoms with Crippen LogP contribution in [0.1, 0.15) is 25.3 Å². The lowest BCUT2D eigenvalue weighted by Gasteiger charge is -2.46. The first-order chi connectivity index (χ1) is 8.13. The summed E-state index contributed by atoms with van der Waals surface area (Å²) in [6.45, 7) is 2.99. The summed E-state index contributed by atoms with van der Waals surface area (Å²) in [6, 6.07) is 3.69. The van der Waals surface area contributed by atoms with Gasteiger partial charge in [-0.2, -0.15) is 0 Å². The molecule has 0 spiro atoms. The Morgan fingerprint density at radius 1 is 1.47 bits per heavy atom. The molecule has 17 heavy (non-hydrogen) atoms. The Labute approximate surface area is 101 Å². The molecule has 0 bridgehead atoms. The molecule has 1 aliphatic rings. The molecule has 2 rings (SSSR count). The van der Waals surface area contributed by atoms with Crippen molar-refractivity contribution in [1.82, 2.24) is 9.88 Å². The fourth-order valence-electron chi connectivity index (χ4n) is 2.25. The third kappa shape index (κ3) is 2.82. The number of hydrogen-bond donors (Lipinski definition) is 1. The Kier molecular flexibility index (Phi) is 3.43. The minimum Gasteiger partial charge on any atom is -0.386 e. The predicted octanol–water partition coefficient (Wildman–Crippen LogP) is 0.998. The monoisotopic (exact) mass is 234 g/mol. The van der Waals surface area contributed by atoms with E-state index in [9.17, 15) is 9.90 Å². The van der Waals surface area contributed by atoms with E-state index < -0.39 is 5.60 Å². The van der Waals surface area contributed by atoms with Crippen molar-refractivity contribution in [1.29, 1.82) is 0 Å². The van der Waals surface area contributed by atoms with Crippen LogP contribution < -0.4 is 0 Å². The quantitative estimate of drug-likeness (QED) is 0.845. The van der Waals surface area contributed by atoms with Crippen molar-refractivity contribution in [2.75, 3.05) is 13.1 Å². The van der Waals surface area contributed by atoms with Gasteiger partial charge in [0.05, 0.1) is 25.1 Å². The van der Waals surface area contributed by atoms with Crippen LogP contribution >= 0.6 is 0 Å². The van der Waals surface area contributed by atoms with E-state index in [2.05, 4.69) is 4.98 Å². The second-order valence-corrected chi connectivity index (χ2v) is 4.76. The Morgan fingerprint density at radius 2 is 2.12 bits per heavy atom. The Balaban J connectivity index is 1.84. The fraction of sp³-hybridized carbons (Fsp3) is 0.538. The summed E-state index contributed by atoms with van der Waals surface area (Å²) < 4.78 is 0. The number of aliphatic hydroxyl groups is 1. The first-order valence-corrected chi connectivity index (χ1v) is 6.02. The zero-order chi connectivity index (χ0) is 12.3. The van der Waals surface area contributed by atoms with Gasteiger partial charge in [0.15, 0.2) is 0 Å². The van der Waals surface area contributed by atoms with Crippen molar-refractivity contribution in [3.8, 4) is 0 Å². The van der Waals surface area contributed by atoms with Crippen LogP contribution in [0.2, 0.25) is 0 Å². The van der Waals surface area contributed by atoms with Crippen LogP contribution in [0.3, 0.4) is 0 Å². The van der Waals surface area contributed by atoms with Crippen molar-refractivity contribution < 1.29 is 9.90 Å². The first kappa shape index (κ1) is 12.0. The zero-order valence-corrected chi connectivity index (χ0v) is 10.1. The zero-order valence-electron chi connectivity index (χ0n) is 10.1. The van der Waals surface area contributed by atoms with E-state index in [0.29, 0.717) is 19.5 Å². The van der Waals surface area contributed by atoms with Gasteiger partial charge in [0.2, 0.25) is 5.91 Å². The van der Waals surface area contributed by atoms with Crippen LogP contribution in [0.25, 0.3) is 0 Å². The van der Waals surface area contributed by atoms with E-state index >= 15 is 0 Å². The average molecular weight is 234 g/mol. The summed E-state index contributed by atoms with van der Waals surface area (Å²) in [5.41, 5.74) is 0.332. The van der Waals surface area contributed by atoms with Crippen molar-refractivity contribution in [2.45, 2.75) is 31.8 Å². The van der Waals surface area contributed by atoms with Gasteiger partial charge in [0.25, 0.3) is 0 Å². The van der Waals surface area contributed by atoms with E-state index in [4.69, 9.17) is 0 Å². The molecule has 0 aromatic carbocycles. The highest BCUT2D eigenvalue weighted by Crippen LogP contribution is 2.26. The van der Waals surface area contributed by atoms with Gasteiger partial charge in [-0.15, -0.1) is 0 Å². The maximum absolute atomic E-state index is 11.9. The third-order valence-electron chi connectivity index (χ3n) is 3.14.